The Morgan fingerprint density at radius 2 is 2.50 bits per heavy atom. The molecule has 1 heterocycles. The zero-order valence-corrected chi connectivity index (χ0v) is 8.51. The van der Waals surface area contributed by atoms with Crippen LogP contribution in [0, 0.1) is 5.92 Å². The molecular formula is C8H12N4OS. The molecule has 0 saturated heterocycles. The Morgan fingerprint density at radius 1 is 1.64 bits per heavy atom. The lowest BCUT2D eigenvalue weighted by atomic mass is 10.4. The Balaban J connectivity index is 1.62. The molecule has 0 spiro atoms. The van der Waals surface area contributed by atoms with Gasteiger partial charge in [-0.05, 0) is 25.3 Å². The number of amides is 1. The predicted molar refractivity (Wildman–Crippen MR) is 54.1 cm³/mol. The first-order chi connectivity index (χ1) is 6.84. The first-order valence-corrected chi connectivity index (χ1v) is 5.49. The molecule has 1 fully saturated rings. The first kappa shape index (κ1) is 9.54. The molecule has 1 amide bonds. The Bertz CT molecular complexity index is 296. The third-order valence-corrected chi connectivity index (χ3v) is 2.63. The van der Waals surface area contributed by atoms with Crippen LogP contribution in [0.3, 0.4) is 0 Å². The fourth-order valence-corrected chi connectivity index (χ4v) is 1.56. The van der Waals surface area contributed by atoms with Crippen LogP contribution in [0.25, 0.3) is 0 Å². The molecule has 1 saturated carbocycles. The number of aromatic nitrogens is 2. The van der Waals surface area contributed by atoms with Gasteiger partial charge < -0.3 is 5.32 Å². The smallest absolute Gasteiger partial charge is 0.240 e. The number of nitrogens with one attached hydrogen (secondary N) is 2. The SMILES string of the molecule is O=C(CNCC1CC1)Nc1nncs1. The van der Waals surface area contributed by atoms with Gasteiger partial charge in [-0.3, -0.25) is 10.1 Å². The molecule has 1 aromatic rings. The molecule has 6 heteroatoms. The zero-order chi connectivity index (χ0) is 9.80. The van der Waals surface area contributed by atoms with Crippen molar-refractivity contribution in [2.45, 2.75) is 12.8 Å². The molecule has 0 unspecified atom stereocenters. The standard InChI is InChI=1S/C8H12N4OS/c13-7(4-9-3-6-1-2-6)11-8-12-10-5-14-8/h5-6,9H,1-4H2,(H,11,12,13). The van der Waals surface area contributed by atoms with E-state index >= 15 is 0 Å². The molecule has 0 bridgehead atoms. The van der Waals surface area contributed by atoms with Crippen LogP contribution in [-0.4, -0.2) is 29.2 Å². The van der Waals surface area contributed by atoms with Gasteiger partial charge in [-0.1, -0.05) is 11.3 Å². The van der Waals surface area contributed by atoms with Crippen molar-refractivity contribution in [1.82, 2.24) is 15.5 Å². The van der Waals surface area contributed by atoms with Crippen LogP contribution >= 0.6 is 11.3 Å². The average Bonchev–Trinajstić information content (AvgIpc) is 2.83. The van der Waals surface area contributed by atoms with E-state index in [1.165, 1.54) is 24.2 Å². The van der Waals surface area contributed by atoms with E-state index in [4.69, 9.17) is 0 Å². The summed E-state index contributed by atoms with van der Waals surface area (Å²) in [6, 6.07) is 0. The number of rotatable bonds is 5. The third kappa shape index (κ3) is 3.04. The number of nitrogens with zero attached hydrogens (tertiary/aromatic N) is 2. The van der Waals surface area contributed by atoms with Crippen LogP contribution in [0.2, 0.25) is 0 Å². The number of carbonyl (C=O) groups is 1. The quantitative estimate of drug-likeness (QED) is 0.745. The molecule has 14 heavy (non-hydrogen) atoms. The maximum absolute atomic E-state index is 11.3. The summed E-state index contributed by atoms with van der Waals surface area (Å²) in [5, 5.41) is 13.7. The second-order valence-electron chi connectivity index (χ2n) is 3.37. The van der Waals surface area contributed by atoms with E-state index in [-0.39, 0.29) is 5.91 Å². The highest BCUT2D eigenvalue weighted by Crippen LogP contribution is 2.27. The van der Waals surface area contributed by atoms with Crippen molar-refractivity contribution in [2.24, 2.45) is 5.92 Å². The fraction of sp³-hybridized carbons (Fsp3) is 0.625. The Hall–Kier alpha value is -1.01. The topological polar surface area (TPSA) is 66.9 Å². The molecule has 2 N–H and O–H groups in total. The van der Waals surface area contributed by atoms with E-state index in [9.17, 15) is 4.79 Å². The Labute approximate surface area is 85.9 Å². The lowest BCUT2D eigenvalue weighted by Crippen LogP contribution is -2.29. The van der Waals surface area contributed by atoms with Gasteiger partial charge in [-0.25, -0.2) is 0 Å². The number of hydrogen-bond acceptors (Lipinski definition) is 5. The van der Waals surface area contributed by atoms with Gasteiger partial charge >= 0.3 is 0 Å². The molecule has 2 rings (SSSR count). The lowest BCUT2D eigenvalue weighted by molar-refractivity contribution is -0.115. The summed E-state index contributed by atoms with van der Waals surface area (Å²) in [5.74, 6) is 0.742. The molecular weight excluding hydrogens is 200 g/mol. The number of carbonyl (C=O) groups excluding carboxylic acids is 1. The van der Waals surface area contributed by atoms with Crippen LogP contribution < -0.4 is 10.6 Å². The monoisotopic (exact) mass is 212 g/mol. The van der Waals surface area contributed by atoms with Gasteiger partial charge in [0.15, 0.2) is 0 Å². The molecule has 0 atom stereocenters. The maximum atomic E-state index is 11.3. The molecule has 1 aromatic heterocycles. The van der Waals surface area contributed by atoms with Crippen LogP contribution in [0.1, 0.15) is 12.8 Å². The van der Waals surface area contributed by atoms with Crippen LogP contribution in [0.15, 0.2) is 5.51 Å². The van der Waals surface area contributed by atoms with Crippen LogP contribution in [0.4, 0.5) is 5.13 Å². The van der Waals surface area contributed by atoms with Crippen molar-refractivity contribution in [3.63, 3.8) is 0 Å². The first-order valence-electron chi connectivity index (χ1n) is 4.61. The summed E-state index contributed by atoms with van der Waals surface area (Å²) < 4.78 is 0. The lowest BCUT2D eigenvalue weighted by Gasteiger charge is -2.02. The summed E-state index contributed by atoms with van der Waals surface area (Å²) >= 11 is 1.32. The van der Waals surface area contributed by atoms with Crippen LogP contribution in [-0.2, 0) is 4.79 Å². The fourth-order valence-electron chi connectivity index (χ4n) is 1.10. The number of hydrogen-bond donors (Lipinski definition) is 2. The van der Waals surface area contributed by atoms with Gasteiger partial charge in [0.05, 0.1) is 6.54 Å². The molecule has 5 nitrogen and oxygen atoms in total. The van der Waals surface area contributed by atoms with E-state index in [0.29, 0.717) is 11.7 Å². The maximum Gasteiger partial charge on any atom is 0.240 e. The van der Waals surface area contributed by atoms with Gasteiger partial charge in [-0.2, -0.15) is 0 Å². The largest absolute Gasteiger partial charge is 0.308 e. The van der Waals surface area contributed by atoms with Crippen molar-refractivity contribution < 1.29 is 4.79 Å². The minimum absolute atomic E-state index is 0.0533. The zero-order valence-electron chi connectivity index (χ0n) is 7.69. The van der Waals surface area contributed by atoms with E-state index < -0.39 is 0 Å². The Morgan fingerprint density at radius 3 is 3.14 bits per heavy atom. The predicted octanol–water partition coefficient (Wildman–Crippen LogP) is 0.476. The number of anilines is 1. The summed E-state index contributed by atoms with van der Waals surface area (Å²) in [5.41, 5.74) is 1.59. The summed E-state index contributed by atoms with van der Waals surface area (Å²) in [6.45, 7) is 1.31. The van der Waals surface area contributed by atoms with Crippen molar-refractivity contribution in [3.05, 3.63) is 5.51 Å². The van der Waals surface area contributed by atoms with Crippen molar-refractivity contribution in [2.75, 3.05) is 18.4 Å². The van der Waals surface area contributed by atoms with Gasteiger partial charge in [0, 0.05) is 0 Å². The highest BCUT2D eigenvalue weighted by molar-refractivity contribution is 7.13. The highest BCUT2D eigenvalue weighted by atomic mass is 32.1. The molecule has 0 aromatic carbocycles. The second-order valence-corrected chi connectivity index (χ2v) is 4.20. The van der Waals surface area contributed by atoms with Gasteiger partial charge in [0.2, 0.25) is 11.0 Å². The summed E-state index contributed by atoms with van der Waals surface area (Å²) in [7, 11) is 0. The van der Waals surface area contributed by atoms with E-state index in [1.54, 1.807) is 5.51 Å². The minimum Gasteiger partial charge on any atom is -0.308 e. The summed E-state index contributed by atoms with van der Waals surface area (Å²) in [6.07, 6.45) is 2.59. The van der Waals surface area contributed by atoms with Crippen LogP contribution in [0.5, 0.6) is 0 Å². The van der Waals surface area contributed by atoms with Gasteiger partial charge in [0.1, 0.15) is 5.51 Å². The minimum atomic E-state index is -0.0533. The Kier molecular flexibility index (Phi) is 3.05. The van der Waals surface area contributed by atoms with Gasteiger partial charge in [-0.15, -0.1) is 10.2 Å². The van der Waals surface area contributed by atoms with Crippen molar-refractivity contribution in [1.29, 1.82) is 0 Å². The highest BCUT2D eigenvalue weighted by Gasteiger charge is 2.20. The molecule has 1 aliphatic rings. The van der Waals surface area contributed by atoms with E-state index in [2.05, 4.69) is 20.8 Å². The van der Waals surface area contributed by atoms with Crippen molar-refractivity contribution in [3.8, 4) is 0 Å². The normalized spacial score (nSPS) is 15.4. The molecule has 76 valence electrons. The molecule has 0 aliphatic heterocycles. The molecule has 0 radical (unpaired) electrons. The van der Waals surface area contributed by atoms with Crippen molar-refractivity contribution >= 4 is 22.4 Å². The second kappa shape index (κ2) is 4.47. The third-order valence-electron chi connectivity index (χ3n) is 2.02. The average molecular weight is 212 g/mol. The summed E-state index contributed by atoms with van der Waals surface area (Å²) in [4.78, 5) is 11.3. The molecule has 1 aliphatic carbocycles. The van der Waals surface area contributed by atoms with E-state index in [1.807, 2.05) is 0 Å². The van der Waals surface area contributed by atoms with E-state index in [0.717, 1.165) is 12.5 Å². The van der Waals surface area contributed by atoms with Gasteiger partial charge in [0.25, 0.3) is 0 Å².